The molecule has 2 atom stereocenters. The quantitative estimate of drug-likeness (QED) is 0.673. The fourth-order valence-corrected chi connectivity index (χ4v) is 3.21. The van der Waals surface area contributed by atoms with Gasteiger partial charge in [0.05, 0.1) is 38.6 Å². The molecule has 1 aliphatic rings. The lowest BCUT2D eigenvalue weighted by Crippen LogP contribution is -2.40. The first-order valence-corrected chi connectivity index (χ1v) is 9.67. The van der Waals surface area contributed by atoms with Crippen LogP contribution in [0.1, 0.15) is 39.2 Å². The maximum atomic E-state index is 10.5. The summed E-state index contributed by atoms with van der Waals surface area (Å²) in [5, 5.41) is 10.5. The van der Waals surface area contributed by atoms with Gasteiger partial charge in [0, 0.05) is 26.2 Å². The molecular formula is C21H35NO5. The van der Waals surface area contributed by atoms with Crippen LogP contribution in [0.3, 0.4) is 0 Å². The van der Waals surface area contributed by atoms with Gasteiger partial charge in [0.25, 0.3) is 0 Å². The molecule has 6 nitrogen and oxygen atoms in total. The molecule has 0 aliphatic carbocycles. The molecule has 0 spiro atoms. The highest BCUT2D eigenvalue weighted by Crippen LogP contribution is 2.28. The van der Waals surface area contributed by atoms with Gasteiger partial charge in [-0.25, -0.2) is 0 Å². The van der Waals surface area contributed by atoms with Gasteiger partial charge in [-0.05, 0) is 51.3 Å². The number of nitrogens with zero attached hydrogens (tertiary/aromatic N) is 1. The van der Waals surface area contributed by atoms with Gasteiger partial charge >= 0.3 is 0 Å². The predicted octanol–water partition coefficient (Wildman–Crippen LogP) is 2.86. The maximum absolute atomic E-state index is 10.5. The molecule has 1 aromatic rings. The Morgan fingerprint density at radius 1 is 1.22 bits per heavy atom. The van der Waals surface area contributed by atoms with Gasteiger partial charge in [0.15, 0.2) is 11.5 Å². The van der Waals surface area contributed by atoms with Crippen molar-refractivity contribution in [1.29, 1.82) is 0 Å². The summed E-state index contributed by atoms with van der Waals surface area (Å²) in [4.78, 5) is 2.23. The molecule has 27 heavy (non-hydrogen) atoms. The van der Waals surface area contributed by atoms with Crippen molar-refractivity contribution in [2.75, 3.05) is 40.5 Å². The van der Waals surface area contributed by atoms with Crippen LogP contribution in [0, 0.1) is 0 Å². The van der Waals surface area contributed by atoms with Crippen LogP contribution in [0.2, 0.25) is 0 Å². The van der Waals surface area contributed by atoms with E-state index in [9.17, 15) is 5.11 Å². The van der Waals surface area contributed by atoms with E-state index in [4.69, 9.17) is 18.9 Å². The number of benzene rings is 1. The highest BCUT2D eigenvalue weighted by molar-refractivity contribution is 5.42. The summed E-state index contributed by atoms with van der Waals surface area (Å²) in [5.41, 5.74) is 0.846. The minimum atomic E-state index is -0.550. The molecule has 0 aromatic heterocycles. The molecule has 1 saturated heterocycles. The number of rotatable bonds is 10. The second-order valence-electron chi connectivity index (χ2n) is 8.10. The first-order chi connectivity index (χ1) is 12.8. The van der Waals surface area contributed by atoms with Crippen LogP contribution >= 0.6 is 0 Å². The van der Waals surface area contributed by atoms with Crippen LogP contribution in [0.25, 0.3) is 0 Å². The number of hydrogen-bond acceptors (Lipinski definition) is 6. The Morgan fingerprint density at radius 3 is 2.56 bits per heavy atom. The van der Waals surface area contributed by atoms with Gasteiger partial charge < -0.3 is 24.1 Å². The average Bonchev–Trinajstić information content (AvgIpc) is 3.12. The summed E-state index contributed by atoms with van der Waals surface area (Å²) in [6.45, 7) is 9.15. The van der Waals surface area contributed by atoms with Gasteiger partial charge in [-0.3, -0.25) is 4.90 Å². The Labute approximate surface area is 163 Å². The van der Waals surface area contributed by atoms with E-state index < -0.39 is 6.10 Å². The predicted molar refractivity (Wildman–Crippen MR) is 106 cm³/mol. The Balaban J connectivity index is 2.02. The van der Waals surface area contributed by atoms with Crippen LogP contribution in [-0.4, -0.2) is 68.3 Å². The molecule has 2 rings (SSSR count). The highest BCUT2D eigenvalue weighted by atomic mass is 16.5. The van der Waals surface area contributed by atoms with E-state index in [0.29, 0.717) is 31.2 Å². The lowest BCUT2D eigenvalue weighted by atomic mass is 10.1. The number of aliphatic hydroxyl groups excluding tert-OH is 1. The van der Waals surface area contributed by atoms with E-state index in [0.717, 1.165) is 31.6 Å². The van der Waals surface area contributed by atoms with Crippen molar-refractivity contribution >= 4 is 0 Å². The van der Waals surface area contributed by atoms with E-state index in [1.54, 1.807) is 14.2 Å². The fourth-order valence-electron chi connectivity index (χ4n) is 3.21. The Bertz CT molecular complexity index is 566. The van der Waals surface area contributed by atoms with Crippen LogP contribution in [0.5, 0.6) is 11.5 Å². The number of hydrogen-bond donors (Lipinski definition) is 1. The number of methoxy groups -OCH3 is 2. The molecule has 0 bridgehead atoms. The van der Waals surface area contributed by atoms with Crippen LogP contribution in [0.15, 0.2) is 18.2 Å². The smallest absolute Gasteiger partial charge is 0.161 e. The van der Waals surface area contributed by atoms with Crippen LogP contribution < -0.4 is 9.47 Å². The first kappa shape index (κ1) is 22.0. The lowest BCUT2D eigenvalue weighted by molar-refractivity contribution is -0.0594. The van der Waals surface area contributed by atoms with Crippen molar-refractivity contribution in [2.24, 2.45) is 0 Å². The number of ether oxygens (including phenoxy) is 4. The monoisotopic (exact) mass is 381 g/mol. The molecule has 0 unspecified atom stereocenters. The van der Waals surface area contributed by atoms with Crippen molar-refractivity contribution in [1.82, 2.24) is 4.90 Å². The molecule has 6 heteroatoms. The summed E-state index contributed by atoms with van der Waals surface area (Å²) in [5.74, 6) is 1.43. The van der Waals surface area contributed by atoms with Crippen molar-refractivity contribution in [3.63, 3.8) is 0 Å². The molecule has 1 aliphatic heterocycles. The highest BCUT2D eigenvalue weighted by Gasteiger charge is 2.22. The van der Waals surface area contributed by atoms with Crippen molar-refractivity contribution in [3.05, 3.63) is 23.8 Å². The Morgan fingerprint density at radius 2 is 1.96 bits per heavy atom. The zero-order valence-corrected chi connectivity index (χ0v) is 17.4. The summed E-state index contributed by atoms with van der Waals surface area (Å²) >= 11 is 0. The van der Waals surface area contributed by atoms with Crippen LogP contribution in [0.4, 0.5) is 0 Å². The van der Waals surface area contributed by atoms with Gasteiger partial charge in [0.2, 0.25) is 0 Å². The molecule has 1 aromatic carbocycles. The van der Waals surface area contributed by atoms with E-state index in [2.05, 4.69) is 4.90 Å². The average molecular weight is 382 g/mol. The van der Waals surface area contributed by atoms with E-state index in [1.807, 2.05) is 39.0 Å². The fraction of sp³-hybridized carbons (Fsp3) is 0.714. The molecule has 0 radical (unpaired) electrons. The minimum absolute atomic E-state index is 0.223. The zero-order chi connectivity index (χ0) is 19.9. The SMILES string of the molecule is COc1ccc(CN(C[C@@H](O)COC(C)(C)C)C[C@@H]2CCCO2)cc1OC. The van der Waals surface area contributed by atoms with Crippen molar-refractivity contribution in [2.45, 2.75) is 58.0 Å². The molecular weight excluding hydrogens is 346 g/mol. The lowest BCUT2D eigenvalue weighted by Gasteiger charge is -2.29. The number of aliphatic hydroxyl groups is 1. The second kappa shape index (κ2) is 10.3. The Hall–Kier alpha value is -1.34. The third kappa shape index (κ3) is 7.66. The van der Waals surface area contributed by atoms with Crippen molar-refractivity contribution in [3.8, 4) is 11.5 Å². The van der Waals surface area contributed by atoms with Gasteiger partial charge in [-0.1, -0.05) is 6.07 Å². The van der Waals surface area contributed by atoms with E-state index in [-0.39, 0.29) is 11.7 Å². The summed E-state index contributed by atoms with van der Waals surface area (Å²) in [6.07, 6.45) is 1.84. The Kier molecular flexibility index (Phi) is 8.35. The summed E-state index contributed by atoms with van der Waals surface area (Å²) in [6, 6.07) is 5.93. The summed E-state index contributed by atoms with van der Waals surface area (Å²) < 4.78 is 22.3. The second-order valence-corrected chi connectivity index (χ2v) is 8.10. The normalized spacial score (nSPS) is 18.7. The van der Waals surface area contributed by atoms with E-state index >= 15 is 0 Å². The topological polar surface area (TPSA) is 60.4 Å². The maximum Gasteiger partial charge on any atom is 0.161 e. The molecule has 1 fully saturated rings. The molecule has 154 valence electrons. The largest absolute Gasteiger partial charge is 0.493 e. The molecule has 1 N–H and O–H groups in total. The standard InChI is InChI=1S/C21H35NO5/c1-21(2,3)27-15-17(23)13-22(14-18-7-6-10-26-18)12-16-8-9-19(24-4)20(11-16)25-5/h8-9,11,17-18,23H,6-7,10,12-15H2,1-5H3/t17-,18+/m1/s1. The molecule has 0 amide bonds. The molecule has 1 heterocycles. The van der Waals surface area contributed by atoms with Crippen molar-refractivity contribution < 1.29 is 24.1 Å². The van der Waals surface area contributed by atoms with Crippen LogP contribution in [-0.2, 0) is 16.0 Å². The minimum Gasteiger partial charge on any atom is -0.493 e. The third-order valence-electron chi connectivity index (χ3n) is 4.52. The van der Waals surface area contributed by atoms with E-state index in [1.165, 1.54) is 0 Å². The van der Waals surface area contributed by atoms with Gasteiger partial charge in [-0.2, -0.15) is 0 Å². The summed E-state index contributed by atoms with van der Waals surface area (Å²) in [7, 11) is 3.27. The third-order valence-corrected chi connectivity index (χ3v) is 4.52. The molecule has 0 saturated carbocycles. The van der Waals surface area contributed by atoms with Gasteiger partial charge in [-0.15, -0.1) is 0 Å². The first-order valence-electron chi connectivity index (χ1n) is 9.67. The van der Waals surface area contributed by atoms with Gasteiger partial charge in [0.1, 0.15) is 0 Å². The zero-order valence-electron chi connectivity index (χ0n) is 17.4.